The number of rotatable bonds is 4. The fraction of sp³-hybridized carbons (Fsp3) is 0.316. The fourth-order valence-corrected chi connectivity index (χ4v) is 3.29. The number of aromatic nitrogens is 3. The molecule has 0 bridgehead atoms. The monoisotopic (exact) mass is 390 g/mol. The van der Waals surface area contributed by atoms with E-state index in [4.69, 9.17) is 21.3 Å². The van der Waals surface area contributed by atoms with Gasteiger partial charge in [-0.3, -0.25) is 4.98 Å². The van der Waals surface area contributed by atoms with Crippen LogP contribution in [0.4, 0.5) is 0 Å². The number of hydrogen-bond acceptors (Lipinski definition) is 5. The molecule has 1 atom stereocenters. The molecule has 0 spiro atoms. The van der Waals surface area contributed by atoms with Crippen LogP contribution in [-0.4, -0.2) is 34.6 Å². The zero-order valence-electron chi connectivity index (χ0n) is 14.2. The molecule has 3 aromatic rings. The van der Waals surface area contributed by atoms with Gasteiger partial charge in [-0.2, -0.15) is 0 Å². The first-order chi connectivity index (χ1) is 12.3. The highest BCUT2D eigenvalue weighted by Gasteiger charge is 2.16. The van der Waals surface area contributed by atoms with Crippen LogP contribution in [0, 0.1) is 5.92 Å². The summed E-state index contributed by atoms with van der Waals surface area (Å²) in [4.78, 5) is 13.5. The third kappa shape index (κ3) is 4.23. The van der Waals surface area contributed by atoms with Crippen LogP contribution in [-0.2, 0) is 0 Å². The van der Waals surface area contributed by atoms with Crippen molar-refractivity contribution in [1.82, 2.24) is 20.3 Å². The van der Waals surface area contributed by atoms with Crippen LogP contribution in [0.25, 0.3) is 22.3 Å². The fourth-order valence-electron chi connectivity index (χ4n) is 3.10. The van der Waals surface area contributed by atoms with E-state index in [9.17, 15) is 0 Å². The van der Waals surface area contributed by atoms with Crippen molar-refractivity contribution in [2.45, 2.75) is 12.8 Å². The summed E-state index contributed by atoms with van der Waals surface area (Å²) in [7, 11) is 0. The third-order valence-electron chi connectivity index (χ3n) is 4.40. The van der Waals surface area contributed by atoms with Crippen molar-refractivity contribution in [2.24, 2.45) is 5.92 Å². The van der Waals surface area contributed by atoms with Gasteiger partial charge in [0.15, 0.2) is 5.52 Å². The molecule has 1 N–H and O–H groups in total. The van der Waals surface area contributed by atoms with Gasteiger partial charge in [-0.15, -0.1) is 12.4 Å². The molecule has 1 aliphatic heterocycles. The van der Waals surface area contributed by atoms with Crippen LogP contribution in [0.5, 0.6) is 5.88 Å². The van der Waals surface area contributed by atoms with Crippen molar-refractivity contribution in [3.8, 4) is 17.1 Å². The van der Waals surface area contributed by atoms with Crippen molar-refractivity contribution in [3.63, 3.8) is 0 Å². The molecule has 0 aliphatic carbocycles. The molecule has 1 saturated heterocycles. The van der Waals surface area contributed by atoms with Gasteiger partial charge < -0.3 is 10.1 Å². The van der Waals surface area contributed by atoms with E-state index < -0.39 is 0 Å². The standard InChI is InChI=1S/C19H19ClN4O.ClH/c20-15-5-1-4-14(9-15)16-10-17-18(23-8-7-22-17)19(24-16)25-12-13-3-2-6-21-11-13;/h1,4-5,7-10,13,21H,2-3,6,11-12H2;1H/t13-;/m0./s1. The quantitative estimate of drug-likeness (QED) is 0.724. The van der Waals surface area contributed by atoms with Gasteiger partial charge in [0.25, 0.3) is 0 Å². The first kappa shape index (κ1) is 18.8. The van der Waals surface area contributed by atoms with Crippen molar-refractivity contribution >= 4 is 35.0 Å². The molecular formula is C19H20Cl2N4O. The highest BCUT2D eigenvalue weighted by molar-refractivity contribution is 6.30. The number of pyridine rings is 1. The van der Waals surface area contributed by atoms with Crippen LogP contribution in [0.3, 0.4) is 0 Å². The van der Waals surface area contributed by atoms with Crippen LogP contribution in [0.15, 0.2) is 42.7 Å². The van der Waals surface area contributed by atoms with Crippen LogP contribution in [0.2, 0.25) is 5.02 Å². The van der Waals surface area contributed by atoms with Crippen molar-refractivity contribution in [3.05, 3.63) is 47.7 Å². The minimum absolute atomic E-state index is 0. The van der Waals surface area contributed by atoms with E-state index >= 15 is 0 Å². The van der Waals surface area contributed by atoms with Gasteiger partial charge in [-0.1, -0.05) is 23.7 Å². The van der Waals surface area contributed by atoms with E-state index in [0.29, 0.717) is 28.9 Å². The summed E-state index contributed by atoms with van der Waals surface area (Å²) in [5.74, 6) is 1.03. The normalized spacial score (nSPS) is 16.9. The molecule has 1 fully saturated rings. The Bertz CT molecular complexity index is 884. The summed E-state index contributed by atoms with van der Waals surface area (Å²) in [6.07, 6.45) is 5.70. The Kier molecular flexibility index (Phi) is 6.25. The van der Waals surface area contributed by atoms with E-state index in [1.54, 1.807) is 12.4 Å². The second-order valence-electron chi connectivity index (χ2n) is 6.27. The van der Waals surface area contributed by atoms with Crippen LogP contribution < -0.4 is 10.1 Å². The lowest BCUT2D eigenvalue weighted by Gasteiger charge is -2.22. The molecule has 0 radical (unpaired) electrons. The van der Waals surface area contributed by atoms with Gasteiger partial charge in [-0.05, 0) is 37.6 Å². The van der Waals surface area contributed by atoms with Gasteiger partial charge in [0, 0.05) is 35.4 Å². The molecule has 136 valence electrons. The maximum Gasteiger partial charge on any atom is 0.242 e. The zero-order valence-corrected chi connectivity index (χ0v) is 15.8. The Morgan fingerprint density at radius 2 is 2.08 bits per heavy atom. The Balaban J connectivity index is 0.00000196. The van der Waals surface area contributed by atoms with E-state index in [2.05, 4.69) is 15.3 Å². The number of nitrogens with one attached hydrogen (secondary N) is 1. The molecule has 7 heteroatoms. The van der Waals surface area contributed by atoms with Crippen LogP contribution in [0.1, 0.15) is 12.8 Å². The second-order valence-corrected chi connectivity index (χ2v) is 6.71. The Morgan fingerprint density at radius 1 is 1.19 bits per heavy atom. The summed E-state index contributed by atoms with van der Waals surface area (Å²) >= 11 is 6.12. The molecule has 5 nitrogen and oxygen atoms in total. The molecule has 1 aliphatic rings. The molecule has 4 rings (SSSR count). The summed E-state index contributed by atoms with van der Waals surface area (Å²) < 4.78 is 6.06. The van der Waals surface area contributed by atoms with E-state index in [1.807, 2.05) is 30.3 Å². The molecule has 2 aromatic heterocycles. The first-order valence-corrected chi connectivity index (χ1v) is 8.88. The predicted molar refractivity (Wildman–Crippen MR) is 106 cm³/mol. The van der Waals surface area contributed by atoms with Gasteiger partial charge in [-0.25, -0.2) is 9.97 Å². The minimum Gasteiger partial charge on any atom is -0.476 e. The lowest BCUT2D eigenvalue weighted by molar-refractivity contribution is 0.214. The third-order valence-corrected chi connectivity index (χ3v) is 4.63. The molecule has 26 heavy (non-hydrogen) atoms. The molecule has 1 aromatic carbocycles. The van der Waals surface area contributed by atoms with Gasteiger partial charge >= 0.3 is 0 Å². The number of piperidine rings is 1. The SMILES string of the molecule is Cl.Clc1cccc(-c2cc3nccnc3c(OC[C@H]3CCCNC3)n2)c1. The Labute approximate surface area is 163 Å². The van der Waals surface area contributed by atoms with E-state index in [0.717, 1.165) is 29.9 Å². The lowest BCUT2D eigenvalue weighted by Crippen LogP contribution is -2.33. The predicted octanol–water partition coefficient (Wildman–Crippen LogP) is 4.15. The number of ether oxygens (including phenoxy) is 1. The highest BCUT2D eigenvalue weighted by atomic mass is 35.5. The van der Waals surface area contributed by atoms with Gasteiger partial charge in [0.1, 0.15) is 0 Å². The average molecular weight is 391 g/mol. The Morgan fingerprint density at radius 3 is 2.88 bits per heavy atom. The highest BCUT2D eigenvalue weighted by Crippen LogP contribution is 2.28. The van der Waals surface area contributed by atoms with E-state index in [-0.39, 0.29) is 12.4 Å². The smallest absolute Gasteiger partial charge is 0.242 e. The largest absolute Gasteiger partial charge is 0.476 e. The molecule has 0 unspecified atom stereocenters. The summed E-state index contributed by atoms with van der Waals surface area (Å²) in [6, 6.07) is 9.54. The maximum absolute atomic E-state index is 6.12. The first-order valence-electron chi connectivity index (χ1n) is 8.51. The summed E-state index contributed by atoms with van der Waals surface area (Å²) in [5, 5.41) is 4.08. The number of nitrogens with zero attached hydrogens (tertiary/aromatic N) is 3. The van der Waals surface area contributed by atoms with Crippen molar-refractivity contribution in [2.75, 3.05) is 19.7 Å². The molecule has 0 amide bonds. The van der Waals surface area contributed by atoms with Crippen molar-refractivity contribution < 1.29 is 4.74 Å². The second kappa shape index (κ2) is 8.62. The summed E-state index contributed by atoms with van der Waals surface area (Å²) in [5.41, 5.74) is 3.18. The topological polar surface area (TPSA) is 59.9 Å². The lowest BCUT2D eigenvalue weighted by atomic mass is 10.0. The minimum atomic E-state index is 0. The van der Waals surface area contributed by atoms with Crippen LogP contribution >= 0.6 is 24.0 Å². The molecule has 3 heterocycles. The molecular weight excluding hydrogens is 371 g/mol. The maximum atomic E-state index is 6.12. The number of fused-ring (bicyclic) bond motifs is 1. The number of benzene rings is 1. The van der Waals surface area contributed by atoms with E-state index in [1.165, 1.54) is 12.8 Å². The van der Waals surface area contributed by atoms with Gasteiger partial charge in [0.2, 0.25) is 5.88 Å². The van der Waals surface area contributed by atoms with Gasteiger partial charge in [0.05, 0.1) is 17.8 Å². The Hall–Kier alpha value is -1.95. The average Bonchev–Trinajstić information content (AvgIpc) is 2.67. The number of hydrogen-bond donors (Lipinski definition) is 1. The van der Waals surface area contributed by atoms with Crippen molar-refractivity contribution in [1.29, 1.82) is 0 Å². The number of halogens is 2. The zero-order chi connectivity index (χ0) is 17.1. The summed E-state index contributed by atoms with van der Waals surface area (Å²) in [6.45, 7) is 2.70. The molecule has 0 saturated carbocycles.